The molecule has 1 aliphatic rings. The van der Waals surface area contributed by atoms with Crippen LogP contribution in [0.2, 0.25) is 0 Å². The lowest BCUT2D eigenvalue weighted by Crippen LogP contribution is -2.38. The minimum absolute atomic E-state index is 0.0824. The van der Waals surface area contributed by atoms with Gasteiger partial charge in [0.15, 0.2) is 18.1 Å². The van der Waals surface area contributed by atoms with Crippen molar-refractivity contribution in [3.8, 4) is 11.5 Å². The Bertz CT molecular complexity index is 615. The van der Waals surface area contributed by atoms with Crippen molar-refractivity contribution in [2.45, 2.75) is 13.8 Å². The van der Waals surface area contributed by atoms with Crippen LogP contribution in [0.4, 0.5) is 0 Å². The third-order valence-corrected chi connectivity index (χ3v) is 3.01. The maximum Gasteiger partial charge on any atom is 0.261 e. The van der Waals surface area contributed by atoms with E-state index in [0.717, 1.165) is 5.56 Å². The van der Waals surface area contributed by atoms with E-state index in [-0.39, 0.29) is 25.9 Å². The molecule has 8 heteroatoms. The van der Waals surface area contributed by atoms with Gasteiger partial charge in [-0.25, -0.2) is 0 Å². The molecule has 1 aromatic carbocycles. The van der Waals surface area contributed by atoms with Crippen LogP contribution in [-0.2, 0) is 14.4 Å². The van der Waals surface area contributed by atoms with Crippen molar-refractivity contribution in [3.05, 3.63) is 23.8 Å². The highest BCUT2D eigenvalue weighted by atomic mass is 16.7. The number of benzene rings is 1. The monoisotopic (exact) mass is 321 g/mol. The minimum Gasteiger partial charge on any atom is -0.454 e. The molecule has 2 amide bonds. The number of hydrogen-bond acceptors (Lipinski definition) is 6. The number of rotatable bonds is 7. The molecule has 0 fully saturated rings. The van der Waals surface area contributed by atoms with Crippen LogP contribution in [-0.4, -0.2) is 44.0 Å². The summed E-state index contributed by atoms with van der Waals surface area (Å²) in [5, 5.41) is 8.89. The van der Waals surface area contributed by atoms with Gasteiger partial charge in [0, 0.05) is 12.1 Å². The number of carbonyl (C=O) groups is 2. The van der Waals surface area contributed by atoms with Crippen molar-refractivity contribution in [3.63, 3.8) is 0 Å². The second-order valence-electron chi connectivity index (χ2n) is 4.75. The fraction of sp³-hybridized carbons (Fsp3) is 0.400. The summed E-state index contributed by atoms with van der Waals surface area (Å²) in [6.45, 7) is 3.93. The predicted octanol–water partition coefficient (Wildman–Crippen LogP) is 0.408. The molecule has 0 saturated carbocycles. The lowest BCUT2D eigenvalue weighted by Gasteiger charge is -2.05. The van der Waals surface area contributed by atoms with Gasteiger partial charge < -0.3 is 24.9 Å². The maximum absolute atomic E-state index is 11.5. The fourth-order valence-corrected chi connectivity index (χ4v) is 1.85. The first-order chi connectivity index (χ1) is 11.1. The van der Waals surface area contributed by atoms with Crippen LogP contribution in [0.15, 0.2) is 23.4 Å². The van der Waals surface area contributed by atoms with Gasteiger partial charge in [-0.3, -0.25) is 9.59 Å². The van der Waals surface area contributed by atoms with Gasteiger partial charge in [-0.1, -0.05) is 5.16 Å². The van der Waals surface area contributed by atoms with Crippen molar-refractivity contribution in [1.82, 2.24) is 10.6 Å². The average molecular weight is 321 g/mol. The van der Waals surface area contributed by atoms with Gasteiger partial charge in [0.2, 0.25) is 12.7 Å². The van der Waals surface area contributed by atoms with E-state index < -0.39 is 5.91 Å². The smallest absolute Gasteiger partial charge is 0.261 e. The first-order valence-corrected chi connectivity index (χ1v) is 7.20. The molecule has 2 rings (SSSR count). The molecule has 0 bridgehead atoms. The van der Waals surface area contributed by atoms with Gasteiger partial charge in [0.05, 0.1) is 12.3 Å². The number of ether oxygens (including phenoxy) is 2. The highest BCUT2D eigenvalue weighted by molar-refractivity contribution is 5.99. The zero-order chi connectivity index (χ0) is 16.7. The summed E-state index contributed by atoms with van der Waals surface area (Å²) in [7, 11) is 0. The molecule has 1 heterocycles. The van der Waals surface area contributed by atoms with Crippen LogP contribution >= 0.6 is 0 Å². The molecular weight excluding hydrogens is 302 g/mol. The number of fused-ring (bicyclic) bond motifs is 1. The van der Waals surface area contributed by atoms with E-state index in [1.165, 1.54) is 0 Å². The Hall–Kier alpha value is -2.77. The lowest BCUT2D eigenvalue weighted by molar-refractivity contribution is -0.129. The average Bonchev–Trinajstić information content (AvgIpc) is 3.00. The predicted molar refractivity (Wildman–Crippen MR) is 82.4 cm³/mol. The number of nitrogens with one attached hydrogen (secondary N) is 2. The van der Waals surface area contributed by atoms with Gasteiger partial charge in [-0.05, 0) is 32.0 Å². The third kappa shape index (κ3) is 4.87. The van der Waals surface area contributed by atoms with Crippen LogP contribution < -0.4 is 20.1 Å². The Morgan fingerprint density at radius 2 is 2.00 bits per heavy atom. The minimum atomic E-state index is -0.418. The second kappa shape index (κ2) is 8.02. The molecule has 0 unspecified atom stereocenters. The van der Waals surface area contributed by atoms with E-state index in [1.807, 2.05) is 6.07 Å². The SMILES string of the molecule is CCNC(=O)CNC(=O)CO/N=C(/C)c1ccc2c(c1)OCO2. The molecule has 0 atom stereocenters. The molecule has 8 nitrogen and oxygen atoms in total. The highest BCUT2D eigenvalue weighted by Gasteiger charge is 2.14. The first-order valence-electron chi connectivity index (χ1n) is 7.20. The van der Waals surface area contributed by atoms with E-state index in [9.17, 15) is 9.59 Å². The number of amides is 2. The highest BCUT2D eigenvalue weighted by Crippen LogP contribution is 2.32. The van der Waals surface area contributed by atoms with Crippen molar-refractivity contribution in [2.24, 2.45) is 5.16 Å². The Kier molecular flexibility index (Phi) is 5.79. The van der Waals surface area contributed by atoms with Crippen LogP contribution in [0.5, 0.6) is 11.5 Å². The zero-order valence-electron chi connectivity index (χ0n) is 13.0. The molecule has 124 valence electrons. The van der Waals surface area contributed by atoms with E-state index in [2.05, 4.69) is 15.8 Å². The third-order valence-electron chi connectivity index (χ3n) is 3.01. The Morgan fingerprint density at radius 1 is 1.22 bits per heavy atom. The molecular formula is C15H19N3O5. The summed E-state index contributed by atoms with van der Waals surface area (Å²) in [6, 6.07) is 5.40. The van der Waals surface area contributed by atoms with Gasteiger partial charge >= 0.3 is 0 Å². The number of likely N-dealkylation sites (N-methyl/N-ethyl adjacent to an activating group) is 1. The van der Waals surface area contributed by atoms with Crippen LogP contribution in [0.1, 0.15) is 19.4 Å². The maximum atomic E-state index is 11.5. The molecule has 1 aromatic rings. The molecule has 0 aliphatic carbocycles. The molecule has 0 radical (unpaired) electrons. The van der Waals surface area contributed by atoms with E-state index >= 15 is 0 Å². The van der Waals surface area contributed by atoms with E-state index in [4.69, 9.17) is 14.3 Å². The van der Waals surface area contributed by atoms with Gasteiger partial charge in [0.25, 0.3) is 5.91 Å². The summed E-state index contributed by atoms with van der Waals surface area (Å²) < 4.78 is 10.5. The summed E-state index contributed by atoms with van der Waals surface area (Å²) >= 11 is 0. The quantitative estimate of drug-likeness (QED) is 0.560. The van der Waals surface area contributed by atoms with Crippen molar-refractivity contribution in [2.75, 3.05) is 26.5 Å². The number of nitrogens with zero attached hydrogens (tertiary/aromatic N) is 1. The molecule has 0 aromatic heterocycles. The molecule has 23 heavy (non-hydrogen) atoms. The summed E-state index contributed by atoms with van der Waals surface area (Å²) in [4.78, 5) is 27.7. The van der Waals surface area contributed by atoms with Crippen molar-refractivity contribution < 1.29 is 23.9 Å². The fourth-order valence-electron chi connectivity index (χ4n) is 1.85. The van der Waals surface area contributed by atoms with Crippen LogP contribution in [0.3, 0.4) is 0 Å². The van der Waals surface area contributed by atoms with Crippen molar-refractivity contribution in [1.29, 1.82) is 0 Å². The van der Waals surface area contributed by atoms with Gasteiger partial charge in [0.1, 0.15) is 0 Å². The van der Waals surface area contributed by atoms with Crippen LogP contribution in [0.25, 0.3) is 0 Å². The molecule has 0 spiro atoms. The largest absolute Gasteiger partial charge is 0.454 e. The summed E-state index contributed by atoms with van der Waals surface area (Å²) in [5.41, 5.74) is 1.40. The van der Waals surface area contributed by atoms with Crippen molar-refractivity contribution >= 4 is 17.5 Å². The van der Waals surface area contributed by atoms with Crippen LogP contribution in [0, 0.1) is 0 Å². The number of oxime groups is 1. The van der Waals surface area contributed by atoms with Gasteiger partial charge in [-0.15, -0.1) is 0 Å². The standard InChI is InChI=1S/C15H19N3O5/c1-3-16-14(19)7-17-15(20)8-23-18-10(2)11-4-5-12-13(6-11)22-9-21-12/h4-6H,3,7-9H2,1-2H3,(H,16,19)(H,17,20)/b18-10-. The topological polar surface area (TPSA) is 98.3 Å². The van der Waals surface area contributed by atoms with E-state index in [0.29, 0.717) is 23.8 Å². The summed E-state index contributed by atoms with van der Waals surface area (Å²) in [6.07, 6.45) is 0. The van der Waals surface area contributed by atoms with Gasteiger partial charge in [-0.2, -0.15) is 0 Å². The molecule has 1 aliphatic heterocycles. The zero-order valence-corrected chi connectivity index (χ0v) is 13.0. The lowest BCUT2D eigenvalue weighted by atomic mass is 10.1. The Balaban J connectivity index is 1.78. The second-order valence-corrected chi connectivity index (χ2v) is 4.75. The summed E-state index contributed by atoms with van der Waals surface area (Å²) in [5.74, 6) is 0.670. The first kappa shape index (κ1) is 16.6. The Labute approximate surface area is 133 Å². The normalized spacial score (nSPS) is 12.7. The molecule has 0 saturated heterocycles. The number of hydrogen-bond donors (Lipinski definition) is 2. The molecule has 2 N–H and O–H groups in total. The number of carbonyl (C=O) groups excluding carboxylic acids is 2. The Morgan fingerprint density at radius 3 is 2.78 bits per heavy atom. The van der Waals surface area contributed by atoms with E-state index in [1.54, 1.807) is 26.0 Å².